The van der Waals surface area contributed by atoms with Crippen LogP contribution in [0.4, 0.5) is 5.69 Å². The van der Waals surface area contributed by atoms with Crippen LogP contribution in [0.2, 0.25) is 5.02 Å². The Morgan fingerprint density at radius 3 is 2.67 bits per heavy atom. The monoisotopic (exact) mass is 384 g/mol. The fourth-order valence-electron chi connectivity index (χ4n) is 2.53. The molecule has 1 heterocycles. The zero-order valence-electron chi connectivity index (χ0n) is 13.6. The Hall–Kier alpha value is -3.65. The molecule has 1 N–H and O–H groups in total. The quantitative estimate of drug-likeness (QED) is 0.513. The molecule has 3 aromatic rings. The van der Waals surface area contributed by atoms with Crippen LogP contribution < -0.4 is 21.2 Å². The molecular weight excluding hydrogens is 374 g/mol. The topological polar surface area (TPSA) is 121 Å². The third-order valence-corrected chi connectivity index (χ3v) is 4.16. The molecule has 27 heavy (non-hydrogen) atoms. The highest BCUT2D eigenvalue weighted by Gasteiger charge is 2.09. The van der Waals surface area contributed by atoms with E-state index in [1.807, 2.05) is 0 Å². The third-order valence-electron chi connectivity index (χ3n) is 3.83. The van der Waals surface area contributed by atoms with Gasteiger partial charge < -0.3 is 9.90 Å². The number of non-ortho nitro benzene ring substituents is 1. The Bertz CT molecular complexity index is 1240. The van der Waals surface area contributed by atoms with Gasteiger partial charge in [0.25, 0.3) is 11.2 Å². The van der Waals surface area contributed by atoms with Gasteiger partial charge in [0.2, 0.25) is 0 Å². The van der Waals surface area contributed by atoms with Gasteiger partial charge in [0, 0.05) is 22.7 Å². The van der Waals surface area contributed by atoms with Crippen LogP contribution in [0.25, 0.3) is 18.3 Å². The second-order valence-corrected chi connectivity index (χ2v) is 6.00. The van der Waals surface area contributed by atoms with Crippen molar-refractivity contribution >= 4 is 35.9 Å². The van der Waals surface area contributed by atoms with Gasteiger partial charge in [-0.1, -0.05) is 30.3 Å². The summed E-state index contributed by atoms with van der Waals surface area (Å²) in [7, 11) is 0. The van der Waals surface area contributed by atoms with Crippen LogP contribution in [0.1, 0.15) is 15.9 Å². The molecule has 0 fully saturated rings. The molecule has 0 aliphatic rings. The van der Waals surface area contributed by atoms with Crippen LogP contribution in [0.15, 0.2) is 47.3 Å². The molecular formula is C18H11ClN3O5-. The number of nitrogens with zero attached hydrogens (tertiary/aromatic N) is 2. The molecule has 0 aliphatic carbocycles. The van der Waals surface area contributed by atoms with Crippen molar-refractivity contribution in [3.05, 3.63) is 89.7 Å². The lowest BCUT2D eigenvalue weighted by molar-refractivity contribution is -0.384. The Morgan fingerprint density at radius 1 is 1.26 bits per heavy atom. The molecule has 0 amide bonds. The van der Waals surface area contributed by atoms with Crippen LogP contribution in [-0.4, -0.2) is 20.7 Å². The first-order chi connectivity index (χ1) is 12.8. The van der Waals surface area contributed by atoms with Crippen molar-refractivity contribution in [2.75, 3.05) is 0 Å². The van der Waals surface area contributed by atoms with E-state index in [-0.39, 0.29) is 32.5 Å². The minimum Gasteiger partial charge on any atom is -0.545 e. The van der Waals surface area contributed by atoms with Crippen LogP contribution in [0.5, 0.6) is 0 Å². The first-order valence-electron chi connectivity index (χ1n) is 7.55. The zero-order chi connectivity index (χ0) is 19.7. The number of nitro groups is 1. The van der Waals surface area contributed by atoms with Gasteiger partial charge in [0.05, 0.1) is 27.1 Å². The molecule has 0 saturated heterocycles. The number of rotatable bonds is 4. The summed E-state index contributed by atoms with van der Waals surface area (Å²) in [4.78, 5) is 34.2. The van der Waals surface area contributed by atoms with Gasteiger partial charge in [-0.15, -0.1) is 0 Å². The van der Waals surface area contributed by atoms with E-state index in [4.69, 9.17) is 11.6 Å². The normalized spacial score (nSPS) is 11.5. The van der Waals surface area contributed by atoms with E-state index in [1.165, 1.54) is 42.5 Å². The van der Waals surface area contributed by atoms with E-state index < -0.39 is 16.5 Å². The number of H-pyrrole nitrogens is 1. The lowest BCUT2D eigenvalue weighted by atomic mass is 10.1. The highest BCUT2D eigenvalue weighted by molar-refractivity contribution is 6.33. The molecule has 0 saturated carbocycles. The number of hydrogen-bond acceptors (Lipinski definition) is 5. The highest BCUT2D eigenvalue weighted by atomic mass is 35.5. The smallest absolute Gasteiger partial charge is 0.279 e. The SMILES string of the molecule is C=c1[nH]n(-c2ccc(Cl)c(C(=O)[O-])c2)c(=O)/c1=C\c1cccc([N+](=O)[O-])c1. The summed E-state index contributed by atoms with van der Waals surface area (Å²) in [5.41, 5.74) is -0.193. The number of nitro benzene ring substituents is 1. The molecule has 136 valence electrons. The van der Waals surface area contributed by atoms with Gasteiger partial charge in [-0.3, -0.25) is 20.0 Å². The number of aromatic nitrogens is 2. The molecule has 0 spiro atoms. The van der Waals surface area contributed by atoms with E-state index in [2.05, 4.69) is 11.7 Å². The molecule has 3 rings (SSSR count). The number of carbonyl (C=O) groups is 1. The summed E-state index contributed by atoms with van der Waals surface area (Å²) in [5, 5.41) is 25.2. The summed E-state index contributed by atoms with van der Waals surface area (Å²) < 4.78 is 1.11. The predicted octanol–water partition coefficient (Wildman–Crippen LogP) is 0.330. The minimum atomic E-state index is -1.47. The molecule has 0 bridgehead atoms. The number of nitrogens with one attached hydrogen (secondary N) is 1. The summed E-state index contributed by atoms with van der Waals surface area (Å²) in [6.07, 6.45) is 1.46. The Labute approximate surface area is 156 Å². The first-order valence-corrected chi connectivity index (χ1v) is 7.93. The summed E-state index contributed by atoms with van der Waals surface area (Å²) in [6.45, 7) is 3.76. The molecule has 9 heteroatoms. The standard InChI is InChI=1S/C18H12ClN3O5/c1-10-14(8-11-3-2-4-13(7-11)22(26)27)17(23)21(20-10)12-5-6-16(19)15(9-12)18(24)25/h2-9,20H,1H2,(H,24,25)/p-1/b14-8-. The fourth-order valence-corrected chi connectivity index (χ4v) is 2.72. The maximum absolute atomic E-state index is 12.7. The van der Waals surface area contributed by atoms with Gasteiger partial charge >= 0.3 is 0 Å². The highest BCUT2D eigenvalue weighted by Crippen LogP contribution is 2.18. The van der Waals surface area contributed by atoms with Crippen molar-refractivity contribution in [3.8, 4) is 5.69 Å². The van der Waals surface area contributed by atoms with Gasteiger partial charge in [-0.05, 0) is 29.8 Å². The number of aromatic carboxylic acids is 1. The molecule has 2 aromatic carbocycles. The number of aromatic amines is 1. The minimum absolute atomic E-state index is 0.0171. The van der Waals surface area contributed by atoms with Gasteiger partial charge in [0.15, 0.2) is 0 Å². The number of carbonyl (C=O) groups excluding carboxylic acids is 1. The Morgan fingerprint density at radius 2 is 2.00 bits per heavy atom. The average Bonchev–Trinajstić information content (AvgIpc) is 2.90. The number of carboxylic acids is 1. The lowest BCUT2D eigenvalue weighted by Gasteiger charge is -2.08. The van der Waals surface area contributed by atoms with E-state index in [0.29, 0.717) is 5.56 Å². The largest absolute Gasteiger partial charge is 0.545 e. The molecule has 1 aromatic heterocycles. The van der Waals surface area contributed by atoms with Crippen molar-refractivity contribution in [2.24, 2.45) is 0 Å². The first kappa shape index (κ1) is 18.2. The second kappa shape index (κ2) is 6.93. The van der Waals surface area contributed by atoms with Crippen molar-refractivity contribution in [3.63, 3.8) is 0 Å². The van der Waals surface area contributed by atoms with Crippen LogP contribution in [0, 0.1) is 10.1 Å². The van der Waals surface area contributed by atoms with Crippen molar-refractivity contribution in [2.45, 2.75) is 0 Å². The number of benzene rings is 2. The molecule has 0 atom stereocenters. The summed E-state index contributed by atoms with van der Waals surface area (Å²) >= 11 is 5.81. The zero-order valence-corrected chi connectivity index (χ0v) is 14.4. The van der Waals surface area contributed by atoms with Crippen LogP contribution >= 0.6 is 11.6 Å². The van der Waals surface area contributed by atoms with Gasteiger partial charge in [0.1, 0.15) is 0 Å². The molecule has 0 aliphatic heterocycles. The van der Waals surface area contributed by atoms with Crippen LogP contribution in [0.3, 0.4) is 0 Å². The fraction of sp³-hybridized carbons (Fsp3) is 0. The Kier molecular flexibility index (Phi) is 4.66. The number of hydrogen-bond donors (Lipinski definition) is 1. The molecule has 8 nitrogen and oxygen atoms in total. The predicted molar refractivity (Wildman–Crippen MR) is 97.2 cm³/mol. The second-order valence-electron chi connectivity index (χ2n) is 5.59. The third kappa shape index (κ3) is 3.51. The maximum atomic E-state index is 12.7. The van der Waals surface area contributed by atoms with Crippen molar-refractivity contribution < 1.29 is 14.8 Å². The number of carboxylic acid groups (broad SMARTS) is 1. The van der Waals surface area contributed by atoms with E-state index in [0.717, 1.165) is 4.68 Å². The maximum Gasteiger partial charge on any atom is 0.279 e. The van der Waals surface area contributed by atoms with Crippen molar-refractivity contribution in [1.82, 2.24) is 9.78 Å². The summed E-state index contributed by atoms with van der Waals surface area (Å²) in [5.74, 6) is -1.47. The summed E-state index contributed by atoms with van der Waals surface area (Å²) in [6, 6.07) is 9.78. The van der Waals surface area contributed by atoms with Crippen LogP contribution in [-0.2, 0) is 0 Å². The number of halogens is 1. The van der Waals surface area contributed by atoms with Gasteiger partial charge in [-0.25, -0.2) is 4.68 Å². The van der Waals surface area contributed by atoms with E-state index in [1.54, 1.807) is 6.07 Å². The van der Waals surface area contributed by atoms with E-state index in [9.17, 15) is 24.8 Å². The van der Waals surface area contributed by atoms with E-state index >= 15 is 0 Å². The lowest BCUT2D eigenvalue weighted by Crippen LogP contribution is -2.34. The molecule has 0 radical (unpaired) electrons. The Balaban J connectivity index is 2.17. The average molecular weight is 385 g/mol. The van der Waals surface area contributed by atoms with Crippen molar-refractivity contribution in [1.29, 1.82) is 0 Å². The molecule has 0 unspecified atom stereocenters. The van der Waals surface area contributed by atoms with Gasteiger partial charge in [-0.2, -0.15) is 0 Å².